The molecule has 2 aromatic carbocycles. The number of carboxylic acids is 1. The van der Waals surface area contributed by atoms with E-state index in [1.807, 2.05) is 32.9 Å². The van der Waals surface area contributed by atoms with Gasteiger partial charge in [-0.05, 0) is 40.3 Å². The van der Waals surface area contributed by atoms with Crippen molar-refractivity contribution >= 4 is 34.4 Å². The maximum atomic E-state index is 13.9. The predicted octanol–water partition coefficient (Wildman–Crippen LogP) is 5.57. The molecule has 0 saturated heterocycles. The van der Waals surface area contributed by atoms with Gasteiger partial charge in [0.25, 0.3) is 0 Å². The molecule has 1 unspecified atom stereocenters. The van der Waals surface area contributed by atoms with Crippen molar-refractivity contribution in [3.63, 3.8) is 0 Å². The van der Waals surface area contributed by atoms with Crippen molar-refractivity contribution in [2.75, 3.05) is 0 Å². The molecule has 3 N–H and O–H groups in total. The number of amides is 1. The molecule has 0 aliphatic heterocycles. The lowest BCUT2D eigenvalue weighted by atomic mass is 9.80. The van der Waals surface area contributed by atoms with Crippen molar-refractivity contribution in [1.29, 1.82) is 0 Å². The SMILES string of the molecule is CC(C)(C)c1ccc(CC(C(N)=O)(c2ccc(Cl)c(C(F)(F)F)c2)n2ncc3ccnc(C(=O)O)c32)cc1. The lowest BCUT2D eigenvalue weighted by molar-refractivity contribution is -0.137. The molecule has 4 aromatic rings. The van der Waals surface area contributed by atoms with E-state index >= 15 is 0 Å². The summed E-state index contributed by atoms with van der Waals surface area (Å²) in [5.74, 6) is -2.45. The van der Waals surface area contributed by atoms with Gasteiger partial charge >= 0.3 is 12.1 Å². The van der Waals surface area contributed by atoms with Gasteiger partial charge in [-0.15, -0.1) is 0 Å². The first-order valence-corrected chi connectivity index (χ1v) is 11.9. The Morgan fingerprint density at radius 1 is 1.03 bits per heavy atom. The number of hydrogen-bond acceptors (Lipinski definition) is 4. The van der Waals surface area contributed by atoms with E-state index in [2.05, 4.69) is 10.1 Å². The first kappa shape index (κ1) is 27.1. The molecule has 0 saturated carbocycles. The summed E-state index contributed by atoms with van der Waals surface area (Å²) in [5.41, 5.74) is 3.48. The molecular weight excluding hydrogens is 521 g/mol. The quantitative estimate of drug-likeness (QED) is 0.329. The van der Waals surface area contributed by atoms with Crippen LogP contribution in [-0.2, 0) is 28.3 Å². The van der Waals surface area contributed by atoms with Crippen molar-refractivity contribution in [2.24, 2.45) is 5.73 Å². The van der Waals surface area contributed by atoms with E-state index in [0.29, 0.717) is 10.9 Å². The summed E-state index contributed by atoms with van der Waals surface area (Å²) < 4.78 is 42.6. The van der Waals surface area contributed by atoms with E-state index in [9.17, 15) is 27.9 Å². The van der Waals surface area contributed by atoms with E-state index in [4.69, 9.17) is 17.3 Å². The van der Waals surface area contributed by atoms with Crippen molar-refractivity contribution < 1.29 is 27.9 Å². The number of carbonyl (C=O) groups is 2. The number of halogens is 4. The molecule has 1 amide bonds. The summed E-state index contributed by atoms with van der Waals surface area (Å²) in [4.78, 5) is 29.3. The molecule has 38 heavy (non-hydrogen) atoms. The number of benzene rings is 2. The number of nitrogens with two attached hydrogens (primary N) is 1. The van der Waals surface area contributed by atoms with E-state index < -0.39 is 39.9 Å². The van der Waals surface area contributed by atoms with Crippen LogP contribution in [0.2, 0.25) is 5.02 Å². The summed E-state index contributed by atoms with van der Waals surface area (Å²) in [5, 5.41) is 13.8. The number of aromatic nitrogens is 3. The van der Waals surface area contributed by atoms with Crippen molar-refractivity contribution in [2.45, 2.75) is 44.3 Å². The van der Waals surface area contributed by atoms with Crippen molar-refractivity contribution in [3.8, 4) is 0 Å². The van der Waals surface area contributed by atoms with E-state index in [0.717, 1.165) is 22.4 Å². The predicted molar refractivity (Wildman–Crippen MR) is 136 cm³/mol. The molecule has 0 radical (unpaired) electrons. The van der Waals surface area contributed by atoms with Gasteiger partial charge in [0.05, 0.1) is 16.8 Å². The molecule has 2 heterocycles. The third-order valence-corrected chi connectivity index (χ3v) is 6.81. The number of carbonyl (C=O) groups excluding carboxylic acids is 1. The first-order valence-electron chi connectivity index (χ1n) is 11.5. The van der Waals surface area contributed by atoms with Gasteiger partial charge in [0.15, 0.2) is 11.2 Å². The Morgan fingerprint density at radius 3 is 2.21 bits per heavy atom. The van der Waals surface area contributed by atoms with Gasteiger partial charge in [-0.25, -0.2) is 14.5 Å². The summed E-state index contributed by atoms with van der Waals surface area (Å²) in [6.07, 6.45) is -2.48. The fourth-order valence-electron chi connectivity index (χ4n) is 4.47. The van der Waals surface area contributed by atoms with Gasteiger partial charge in [-0.1, -0.05) is 62.7 Å². The van der Waals surface area contributed by atoms with Gasteiger partial charge in [0, 0.05) is 18.0 Å². The highest BCUT2D eigenvalue weighted by atomic mass is 35.5. The Morgan fingerprint density at radius 2 is 1.66 bits per heavy atom. The zero-order valence-electron chi connectivity index (χ0n) is 20.7. The molecule has 0 aliphatic carbocycles. The fraction of sp³-hybridized carbons (Fsp3) is 0.259. The molecule has 0 fully saturated rings. The second kappa shape index (κ2) is 9.43. The minimum atomic E-state index is -4.83. The van der Waals surface area contributed by atoms with E-state index in [1.165, 1.54) is 24.5 Å². The Hall–Kier alpha value is -3.92. The lowest BCUT2D eigenvalue weighted by Gasteiger charge is -2.33. The Balaban J connectivity index is 2.06. The second-order valence-electron chi connectivity index (χ2n) is 10.00. The van der Waals surface area contributed by atoms with Crippen LogP contribution >= 0.6 is 11.6 Å². The van der Waals surface area contributed by atoms with Crippen LogP contribution in [0.15, 0.2) is 60.9 Å². The van der Waals surface area contributed by atoms with Crippen molar-refractivity contribution in [1.82, 2.24) is 14.8 Å². The van der Waals surface area contributed by atoms with Gasteiger partial charge in [0.1, 0.15) is 5.52 Å². The first-order chi connectivity index (χ1) is 17.7. The largest absolute Gasteiger partial charge is 0.476 e. The lowest BCUT2D eigenvalue weighted by Crippen LogP contribution is -2.50. The number of fused-ring (bicyclic) bond motifs is 1. The third kappa shape index (κ3) is 4.71. The molecule has 198 valence electrons. The number of hydrogen-bond donors (Lipinski definition) is 2. The zero-order valence-corrected chi connectivity index (χ0v) is 21.4. The average molecular weight is 545 g/mol. The Bertz CT molecular complexity index is 1540. The van der Waals surface area contributed by atoms with Crippen LogP contribution < -0.4 is 5.73 Å². The third-order valence-electron chi connectivity index (χ3n) is 6.48. The molecule has 2 aromatic heterocycles. The minimum absolute atomic E-state index is 0.0615. The fourth-order valence-corrected chi connectivity index (χ4v) is 4.69. The molecule has 0 spiro atoms. The summed E-state index contributed by atoms with van der Waals surface area (Å²) >= 11 is 5.87. The normalized spacial score (nSPS) is 13.9. The molecular formula is C27H24ClF3N4O3. The van der Waals surface area contributed by atoms with Crippen LogP contribution in [0.1, 0.15) is 53.5 Å². The number of pyridine rings is 1. The summed E-state index contributed by atoms with van der Waals surface area (Å²) in [6, 6.07) is 11.7. The maximum absolute atomic E-state index is 13.9. The number of rotatable bonds is 6. The van der Waals surface area contributed by atoms with Crippen LogP contribution in [0.5, 0.6) is 0 Å². The van der Waals surface area contributed by atoms with E-state index in [1.54, 1.807) is 12.1 Å². The number of alkyl halides is 3. The van der Waals surface area contributed by atoms with Crippen LogP contribution in [0.4, 0.5) is 13.2 Å². The topological polar surface area (TPSA) is 111 Å². The maximum Gasteiger partial charge on any atom is 0.417 e. The van der Waals surface area contributed by atoms with Crippen molar-refractivity contribution in [3.05, 3.63) is 93.9 Å². The average Bonchev–Trinajstić information content (AvgIpc) is 3.26. The van der Waals surface area contributed by atoms with Crippen LogP contribution in [-0.4, -0.2) is 31.7 Å². The van der Waals surface area contributed by atoms with E-state index in [-0.39, 0.29) is 22.9 Å². The molecule has 1 atom stereocenters. The zero-order chi connectivity index (χ0) is 28.0. The molecule has 11 heteroatoms. The van der Waals surface area contributed by atoms with Crippen LogP contribution in [0.3, 0.4) is 0 Å². The smallest absolute Gasteiger partial charge is 0.417 e. The second-order valence-corrected chi connectivity index (χ2v) is 10.4. The highest BCUT2D eigenvalue weighted by molar-refractivity contribution is 6.31. The van der Waals surface area contributed by atoms with Gasteiger partial charge in [0.2, 0.25) is 5.91 Å². The van der Waals surface area contributed by atoms with Gasteiger partial charge in [-0.2, -0.15) is 18.3 Å². The Kier molecular flexibility index (Phi) is 6.73. The summed E-state index contributed by atoms with van der Waals surface area (Å²) in [7, 11) is 0. The van der Waals surface area contributed by atoms with Gasteiger partial charge in [-0.3, -0.25) is 4.79 Å². The molecule has 7 nitrogen and oxygen atoms in total. The molecule has 0 aliphatic rings. The highest BCUT2D eigenvalue weighted by Crippen LogP contribution is 2.40. The van der Waals surface area contributed by atoms with Crippen LogP contribution in [0, 0.1) is 0 Å². The molecule has 4 rings (SSSR count). The number of primary amides is 1. The number of carboxylic acid groups (broad SMARTS) is 1. The van der Waals surface area contributed by atoms with Gasteiger partial charge < -0.3 is 10.8 Å². The number of aromatic carboxylic acids is 1. The molecule has 0 bridgehead atoms. The number of nitrogens with zero attached hydrogens (tertiary/aromatic N) is 3. The van der Waals surface area contributed by atoms with Crippen LogP contribution in [0.25, 0.3) is 10.9 Å². The monoisotopic (exact) mass is 544 g/mol. The standard InChI is InChI=1S/C27H24ClF3N4O3/c1-25(2,3)17-6-4-15(5-7-17)13-26(24(32)38,18-8-9-20(28)19(12-18)27(29,30)31)35-22-16(14-34-35)10-11-33-21(22)23(36)37/h4-12,14H,13H2,1-3H3,(H2,32,38)(H,36,37). The minimum Gasteiger partial charge on any atom is -0.476 e. The Labute approximate surface area is 221 Å². The highest BCUT2D eigenvalue weighted by Gasteiger charge is 2.45. The summed E-state index contributed by atoms with van der Waals surface area (Å²) in [6.45, 7) is 6.08.